The first-order valence-corrected chi connectivity index (χ1v) is 7.69. The Morgan fingerprint density at radius 2 is 1.90 bits per heavy atom. The molecule has 118 valence electrons. The van der Waals surface area contributed by atoms with Crippen molar-refractivity contribution in [3.8, 4) is 6.01 Å². The molecule has 1 saturated carbocycles. The molecule has 0 saturated heterocycles. The summed E-state index contributed by atoms with van der Waals surface area (Å²) >= 11 is 0. The molecule has 1 aliphatic carbocycles. The minimum Gasteiger partial charge on any atom is -0.461 e. The highest BCUT2D eigenvalue weighted by Gasteiger charge is 2.24. The summed E-state index contributed by atoms with van der Waals surface area (Å²) in [6.07, 6.45) is 3.56. The van der Waals surface area contributed by atoms with Gasteiger partial charge in [0, 0.05) is 6.54 Å². The zero-order valence-electron chi connectivity index (χ0n) is 13.0. The summed E-state index contributed by atoms with van der Waals surface area (Å²) in [7, 11) is 0. The second-order valence-corrected chi connectivity index (χ2v) is 5.56. The third-order valence-corrected chi connectivity index (χ3v) is 3.33. The zero-order valence-corrected chi connectivity index (χ0v) is 13.0. The molecule has 0 bridgehead atoms. The number of aliphatic hydroxyl groups is 1. The molecule has 7 nitrogen and oxygen atoms in total. The van der Waals surface area contributed by atoms with Crippen LogP contribution in [0.4, 0.5) is 11.9 Å². The molecule has 0 spiro atoms. The molecule has 21 heavy (non-hydrogen) atoms. The molecular formula is C14H25N5O2. The Kier molecular flexibility index (Phi) is 5.55. The van der Waals surface area contributed by atoms with Crippen molar-refractivity contribution in [3.05, 3.63) is 0 Å². The summed E-state index contributed by atoms with van der Waals surface area (Å²) in [5, 5.41) is 16.3. The van der Waals surface area contributed by atoms with Crippen molar-refractivity contribution < 1.29 is 9.84 Å². The Bertz CT molecular complexity index is 455. The fourth-order valence-electron chi connectivity index (χ4n) is 2.37. The van der Waals surface area contributed by atoms with Crippen LogP contribution in [0.1, 0.15) is 46.5 Å². The first kappa shape index (κ1) is 15.8. The fourth-order valence-corrected chi connectivity index (χ4v) is 2.37. The first-order valence-electron chi connectivity index (χ1n) is 7.69. The summed E-state index contributed by atoms with van der Waals surface area (Å²) < 4.78 is 5.55. The SMILES string of the molecule is CCNc1nc(NC2CCCCC2O)nc(OC(C)C)n1. The number of hydrogen-bond acceptors (Lipinski definition) is 7. The van der Waals surface area contributed by atoms with Crippen molar-refractivity contribution in [2.75, 3.05) is 17.2 Å². The molecule has 0 aromatic carbocycles. The molecule has 1 aromatic rings. The van der Waals surface area contributed by atoms with Gasteiger partial charge in [-0.1, -0.05) is 12.8 Å². The molecule has 3 N–H and O–H groups in total. The minimum atomic E-state index is -0.354. The number of ether oxygens (including phenoxy) is 1. The predicted octanol–water partition coefficient (Wildman–Crippen LogP) is 1.81. The number of aliphatic hydroxyl groups excluding tert-OH is 1. The molecular weight excluding hydrogens is 270 g/mol. The molecule has 0 radical (unpaired) electrons. The van der Waals surface area contributed by atoms with E-state index in [9.17, 15) is 5.11 Å². The lowest BCUT2D eigenvalue weighted by Gasteiger charge is -2.28. The molecule has 1 aromatic heterocycles. The van der Waals surface area contributed by atoms with E-state index in [0.717, 1.165) is 32.2 Å². The number of aromatic nitrogens is 3. The van der Waals surface area contributed by atoms with Crippen LogP contribution in [0, 0.1) is 0 Å². The van der Waals surface area contributed by atoms with Gasteiger partial charge in [-0.15, -0.1) is 0 Å². The van der Waals surface area contributed by atoms with Crippen molar-refractivity contribution in [3.63, 3.8) is 0 Å². The van der Waals surface area contributed by atoms with Gasteiger partial charge in [0.25, 0.3) is 0 Å². The average Bonchev–Trinajstić information content (AvgIpc) is 2.41. The molecule has 1 heterocycles. The zero-order chi connectivity index (χ0) is 15.2. The Morgan fingerprint density at radius 3 is 2.57 bits per heavy atom. The Hall–Kier alpha value is -1.63. The van der Waals surface area contributed by atoms with E-state index in [2.05, 4.69) is 25.6 Å². The van der Waals surface area contributed by atoms with Gasteiger partial charge in [-0.25, -0.2) is 0 Å². The molecule has 0 aliphatic heterocycles. The fraction of sp³-hybridized carbons (Fsp3) is 0.786. The lowest BCUT2D eigenvalue weighted by Crippen LogP contribution is -2.37. The van der Waals surface area contributed by atoms with Crippen LogP contribution in [0.3, 0.4) is 0 Å². The number of nitrogens with zero attached hydrogens (tertiary/aromatic N) is 3. The third-order valence-electron chi connectivity index (χ3n) is 3.33. The van der Waals surface area contributed by atoms with Crippen LogP contribution in [-0.4, -0.2) is 44.9 Å². The molecule has 0 amide bonds. The Labute approximate surface area is 125 Å². The van der Waals surface area contributed by atoms with E-state index in [1.807, 2.05) is 20.8 Å². The highest BCUT2D eigenvalue weighted by molar-refractivity contribution is 5.36. The summed E-state index contributed by atoms with van der Waals surface area (Å²) in [4.78, 5) is 12.8. The molecule has 2 unspecified atom stereocenters. The monoisotopic (exact) mass is 295 g/mol. The second-order valence-electron chi connectivity index (χ2n) is 5.56. The molecule has 2 rings (SSSR count). The Morgan fingerprint density at radius 1 is 1.19 bits per heavy atom. The van der Waals surface area contributed by atoms with Gasteiger partial charge in [0.2, 0.25) is 11.9 Å². The van der Waals surface area contributed by atoms with Gasteiger partial charge in [-0.05, 0) is 33.6 Å². The molecule has 1 aliphatic rings. The maximum Gasteiger partial charge on any atom is 0.323 e. The van der Waals surface area contributed by atoms with E-state index in [1.54, 1.807) is 0 Å². The normalized spacial score (nSPS) is 22.1. The second kappa shape index (κ2) is 7.40. The van der Waals surface area contributed by atoms with E-state index < -0.39 is 0 Å². The van der Waals surface area contributed by atoms with Gasteiger partial charge < -0.3 is 20.5 Å². The maximum absolute atomic E-state index is 10.0. The lowest BCUT2D eigenvalue weighted by molar-refractivity contribution is 0.116. The van der Waals surface area contributed by atoms with Crippen molar-refractivity contribution in [2.45, 2.75) is 64.7 Å². The number of nitrogens with one attached hydrogen (secondary N) is 2. The van der Waals surface area contributed by atoms with Crippen molar-refractivity contribution in [1.29, 1.82) is 0 Å². The predicted molar refractivity (Wildman–Crippen MR) is 81.6 cm³/mol. The summed E-state index contributed by atoms with van der Waals surface area (Å²) in [5.74, 6) is 0.929. The highest BCUT2D eigenvalue weighted by atomic mass is 16.5. The van der Waals surface area contributed by atoms with E-state index in [1.165, 1.54) is 0 Å². The van der Waals surface area contributed by atoms with Gasteiger partial charge in [0.1, 0.15) is 0 Å². The van der Waals surface area contributed by atoms with Gasteiger partial charge in [-0.3, -0.25) is 0 Å². The molecule has 2 atom stereocenters. The minimum absolute atomic E-state index is 0.00463. The molecule has 7 heteroatoms. The van der Waals surface area contributed by atoms with Crippen LogP contribution in [0.2, 0.25) is 0 Å². The Balaban J connectivity index is 2.14. The number of rotatable bonds is 6. The van der Waals surface area contributed by atoms with Gasteiger partial charge in [-0.2, -0.15) is 15.0 Å². The van der Waals surface area contributed by atoms with E-state index >= 15 is 0 Å². The highest BCUT2D eigenvalue weighted by Crippen LogP contribution is 2.22. The van der Waals surface area contributed by atoms with E-state index in [-0.39, 0.29) is 18.2 Å². The van der Waals surface area contributed by atoms with Crippen LogP contribution >= 0.6 is 0 Å². The number of anilines is 2. The quantitative estimate of drug-likeness (QED) is 0.737. The maximum atomic E-state index is 10.0. The van der Waals surface area contributed by atoms with Gasteiger partial charge in [0.05, 0.1) is 18.2 Å². The van der Waals surface area contributed by atoms with Crippen LogP contribution in [0.15, 0.2) is 0 Å². The van der Waals surface area contributed by atoms with Gasteiger partial charge >= 0.3 is 6.01 Å². The van der Waals surface area contributed by atoms with E-state index in [4.69, 9.17) is 4.74 Å². The average molecular weight is 295 g/mol. The largest absolute Gasteiger partial charge is 0.461 e. The molecule has 1 fully saturated rings. The third kappa shape index (κ3) is 4.70. The van der Waals surface area contributed by atoms with Crippen LogP contribution < -0.4 is 15.4 Å². The topological polar surface area (TPSA) is 92.2 Å². The van der Waals surface area contributed by atoms with Crippen LogP contribution in [0.5, 0.6) is 6.01 Å². The van der Waals surface area contributed by atoms with Crippen molar-refractivity contribution in [2.24, 2.45) is 0 Å². The van der Waals surface area contributed by atoms with Gasteiger partial charge in [0.15, 0.2) is 0 Å². The van der Waals surface area contributed by atoms with Crippen LogP contribution in [0.25, 0.3) is 0 Å². The first-order chi connectivity index (χ1) is 10.1. The van der Waals surface area contributed by atoms with Crippen molar-refractivity contribution >= 4 is 11.9 Å². The summed E-state index contributed by atoms with van der Waals surface area (Å²) in [6.45, 7) is 6.55. The van der Waals surface area contributed by atoms with E-state index in [0.29, 0.717) is 17.9 Å². The van der Waals surface area contributed by atoms with Crippen LogP contribution in [-0.2, 0) is 0 Å². The summed E-state index contributed by atoms with van der Waals surface area (Å²) in [5.41, 5.74) is 0. The van der Waals surface area contributed by atoms with Crippen molar-refractivity contribution in [1.82, 2.24) is 15.0 Å². The summed E-state index contributed by atoms with van der Waals surface area (Å²) in [6, 6.07) is 0.284. The number of hydrogen-bond donors (Lipinski definition) is 3. The smallest absolute Gasteiger partial charge is 0.323 e. The lowest BCUT2D eigenvalue weighted by atomic mass is 9.93. The standard InChI is InChI=1S/C14H25N5O2/c1-4-15-12-17-13(19-14(18-12)21-9(2)3)16-10-7-5-6-8-11(10)20/h9-11,20H,4-8H2,1-3H3,(H2,15,16,17,18,19).